The number of halogens is 3. The van der Waals surface area contributed by atoms with E-state index in [1.807, 2.05) is 0 Å². The van der Waals surface area contributed by atoms with Crippen LogP contribution in [0.3, 0.4) is 0 Å². The van der Waals surface area contributed by atoms with Crippen molar-refractivity contribution in [3.05, 3.63) is 11.6 Å². The van der Waals surface area contributed by atoms with Crippen molar-refractivity contribution in [2.24, 2.45) is 5.41 Å². The minimum absolute atomic E-state index is 0.0318. The molecule has 1 aliphatic heterocycles. The van der Waals surface area contributed by atoms with E-state index in [0.717, 1.165) is 6.42 Å². The molecular weight excluding hydrogens is 307 g/mol. The van der Waals surface area contributed by atoms with Crippen LogP contribution in [0, 0.1) is 16.7 Å². The van der Waals surface area contributed by atoms with Crippen LogP contribution in [0.5, 0.6) is 0 Å². The smallest absolute Gasteiger partial charge is 0.313 e. The number of nitrogens with zero attached hydrogens (tertiary/aromatic N) is 4. The van der Waals surface area contributed by atoms with Crippen molar-refractivity contribution in [3.63, 3.8) is 0 Å². The highest BCUT2D eigenvalue weighted by Gasteiger charge is 2.45. The van der Waals surface area contributed by atoms with Crippen molar-refractivity contribution in [3.8, 4) is 6.07 Å². The molecule has 0 saturated carbocycles. The van der Waals surface area contributed by atoms with Crippen molar-refractivity contribution in [1.82, 2.24) is 20.1 Å². The lowest BCUT2D eigenvalue weighted by atomic mass is 9.88. The Morgan fingerprint density at radius 3 is 2.74 bits per heavy atom. The molecule has 5 nitrogen and oxygen atoms in total. The van der Waals surface area contributed by atoms with Crippen molar-refractivity contribution < 1.29 is 13.2 Å². The number of nitriles is 1. The van der Waals surface area contributed by atoms with Gasteiger partial charge in [-0.05, 0) is 24.7 Å². The van der Waals surface area contributed by atoms with Crippen molar-refractivity contribution >= 4 is 0 Å². The Morgan fingerprint density at radius 2 is 2.09 bits per heavy atom. The highest BCUT2D eigenvalue weighted by atomic mass is 19.4. The molecule has 0 unspecified atom stereocenters. The number of rotatable bonds is 6. The second-order valence-corrected chi connectivity index (χ2v) is 6.79. The molecule has 0 amide bonds. The number of hydrogen-bond donors (Lipinski definition) is 1. The number of alkyl halides is 3. The molecule has 0 aliphatic carbocycles. The Morgan fingerprint density at radius 1 is 1.35 bits per heavy atom. The highest BCUT2D eigenvalue weighted by molar-refractivity contribution is 5.07. The van der Waals surface area contributed by atoms with Crippen LogP contribution in [0.2, 0.25) is 0 Å². The standard InChI is InChI=1S/C15H22F3N5/c1-14(2,6-4-7-19)10-20-9-12-21-22-13-11(15(16,17)18)5-3-8-23(12)13/h11,20H,3-6,8-10H2,1-2H3/t11-/m0/s1. The molecule has 128 valence electrons. The third-order valence-electron chi connectivity index (χ3n) is 4.24. The first-order valence-corrected chi connectivity index (χ1v) is 7.81. The zero-order chi connectivity index (χ0) is 17.1. The fourth-order valence-electron chi connectivity index (χ4n) is 2.87. The van der Waals surface area contributed by atoms with Crippen LogP contribution in [0.4, 0.5) is 13.2 Å². The fourth-order valence-corrected chi connectivity index (χ4v) is 2.87. The molecule has 0 radical (unpaired) electrons. The number of nitrogens with one attached hydrogen (secondary N) is 1. The number of aromatic nitrogens is 3. The molecule has 1 N–H and O–H groups in total. The van der Waals surface area contributed by atoms with Crippen LogP contribution in [-0.2, 0) is 13.1 Å². The van der Waals surface area contributed by atoms with E-state index in [2.05, 4.69) is 35.4 Å². The van der Waals surface area contributed by atoms with Gasteiger partial charge < -0.3 is 9.88 Å². The van der Waals surface area contributed by atoms with E-state index in [1.165, 1.54) is 0 Å². The van der Waals surface area contributed by atoms with Gasteiger partial charge in [-0.1, -0.05) is 13.8 Å². The Kier molecular flexibility index (Phi) is 5.30. The molecule has 0 aromatic carbocycles. The van der Waals surface area contributed by atoms with E-state index in [0.29, 0.717) is 38.3 Å². The molecule has 1 aliphatic rings. The third kappa shape index (κ3) is 4.44. The summed E-state index contributed by atoms with van der Waals surface area (Å²) >= 11 is 0. The molecule has 0 spiro atoms. The van der Waals surface area contributed by atoms with Gasteiger partial charge in [0, 0.05) is 19.5 Å². The van der Waals surface area contributed by atoms with Crippen LogP contribution < -0.4 is 5.32 Å². The van der Waals surface area contributed by atoms with Crippen LogP contribution in [0.25, 0.3) is 0 Å². The summed E-state index contributed by atoms with van der Waals surface area (Å²) in [6, 6.07) is 2.13. The van der Waals surface area contributed by atoms with Gasteiger partial charge in [-0.2, -0.15) is 18.4 Å². The van der Waals surface area contributed by atoms with Crippen molar-refractivity contribution in [2.75, 3.05) is 6.54 Å². The van der Waals surface area contributed by atoms with Gasteiger partial charge in [0.15, 0.2) is 0 Å². The number of hydrogen-bond acceptors (Lipinski definition) is 4. The topological polar surface area (TPSA) is 66.5 Å². The summed E-state index contributed by atoms with van der Waals surface area (Å²) in [5.41, 5.74) is -0.0466. The molecule has 0 bridgehead atoms. The van der Waals surface area contributed by atoms with Gasteiger partial charge in [0.2, 0.25) is 0 Å². The van der Waals surface area contributed by atoms with E-state index in [1.54, 1.807) is 4.57 Å². The van der Waals surface area contributed by atoms with E-state index < -0.39 is 12.1 Å². The maximum Gasteiger partial charge on any atom is 0.398 e. The molecule has 0 fully saturated rings. The molecule has 1 aromatic heterocycles. The first-order valence-electron chi connectivity index (χ1n) is 7.81. The molecule has 0 saturated heterocycles. The predicted molar refractivity (Wildman–Crippen MR) is 78.4 cm³/mol. The lowest BCUT2D eigenvalue weighted by molar-refractivity contribution is -0.156. The number of fused-ring (bicyclic) bond motifs is 1. The average Bonchev–Trinajstić information content (AvgIpc) is 2.87. The average molecular weight is 329 g/mol. The quantitative estimate of drug-likeness (QED) is 0.871. The van der Waals surface area contributed by atoms with Gasteiger partial charge in [0.1, 0.15) is 17.6 Å². The van der Waals surface area contributed by atoms with Crippen LogP contribution in [0.15, 0.2) is 0 Å². The largest absolute Gasteiger partial charge is 0.398 e. The Hall–Kier alpha value is -1.62. The molecule has 8 heteroatoms. The van der Waals surface area contributed by atoms with E-state index in [9.17, 15) is 13.2 Å². The van der Waals surface area contributed by atoms with Gasteiger partial charge in [-0.15, -0.1) is 10.2 Å². The van der Waals surface area contributed by atoms with Crippen LogP contribution in [0.1, 0.15) is 57.1 Å². The highest BCUT2D eigenvalue weighted by Crippen LogP contribution is 2.40. The second-order valence-electron chi connectivity index (χ2n) is 6.79. The van der Waals surface area contributed by atoms with Gasteiger partial charge in [0.25, 0.3) is 0 Å². The maximum absolute atomic E-state index is 13.0. The fraction of sp³-hybridized carbons (Fsp3) is 0.800. The van der Waals surface area contributed by atoms with Gasteiger partial charge >= 0.3 is 6.18 Å². The summed E-state index contributed by atoms with van der Waals surface area (Å²) in [4.78, 5) is 0. The summed E-state index contributed by atoms with van der Waals surface area (Å²) in [5.74, 6) is -0.932. The predicted octanol–water partition coefficient (Wildman–Crippen LogP) is 3.14. The van der Waals surface area contributed by atoms with Crippen LogP contribution >= 0.6 is 0 Å². The molecule has 1 aromatic rings. The maximum atomic E-state index is 13.0. The van der Waals surface area contributed by atoms with Gasteiger partial charge in [0.05, 0.1) is 12.6 Å². The second kappa shape index (κ2) is 6.87. The first kappa shape index (κ1) is 17.7. The lowest BCUT2D eigenvalue weighted by Gasteiger charge is -2.26. The summed E-state index contributed by atoms with van der Waals surface area (Å²) in [6.07, 6.45) is -2.45. The van der Waals surface area contributed by atoms with E-state index >= 15 is 0 Å². The molecular formula is C15H22F3N5. The van der Waals surface area contributed by atoms with Crippen LogP contribution in [-0.4, -0.2) is 27.5 Å². The monoisotopic (exact) mass is 329 g/mol. The van der Waals surface area contributed by atoms with Crippen molar-refractivity contribution in [2.45, 2.75) is 64.7 Å². The van der Waals surface area contributed by atoms with E-state index in [4.69, 9.17) is 5.26 Å². The first-order chi connectivity index (χ1) is 10.7. The SMILES string of the molecule is CC(C)(CCC#N)CNCc1nnc2n1CCC[C@@H]2C(F)(F)F. The van der Waals surface area contributed by atoms with Gasteiger partial charge in [-0.3, -0.25) is 0 Å². The molecule has 1 atom stereocenters. The minimum atomic E-state index is -4.27. The van der Waals surface area contributed by atoms with Crippen molar-refractivity contribution in [1.29, 1.82) is 5.26 Å². The summed E-state index contributed by atoms with van der Waals surface area (Å²) in [5, 5.41) is 19.6. The Bertz CT molecular complexity index is 571. The molecule has 23 heavy (non-hydrogen) atoms. The summed E-state index contributed by atoms with van der Waals surface area (Å²) in [7, 11) is 0. The summed E-state index contributed by atoms with van der Waals surface area (Å²) < 4.78 is 40.7. The minimum Gasteiger partial charge on any atom is -0.313 e. The summed E-state index contributed by atoms with van der Waals surface area (Å²) in [6.45, 7) is 5.68. The Labute approximate surface area is 133 Å². The third-order valence-corrected chi connectivity index (χ3v) is 4.24. The van der Waals surface area contributed by atoms with E-state index in [-0.39, 0.29) is 17.7 Å². The Balaban J connectivity index is 1.98. The molecule has 2 heterocycles. The zero-order valence-electron chi connectivity index (χ0n) is 13.4. The lowest BCUT2D eigenvalue weighted by Crippen LogP contribution is -2.31. The normalized spacial score (nSPS) is 18.5. The zero-order valence-corrected chi connectivity index (χ0v) is 13.4. The van der Waals surface area contributed by atoms with Gasteiger partial charge in [-0.25, -0.2) is 0 Å². The molecule has 2 rings (SSSR count).